The van der Waals surface area contributed by atoms with Gasteiger partial charge in [-0.25, -0.2) is 0 Å². The predicted molar refractivity (Wildman–Crippen MR) is 110 cm³/mol. The van der Waals surface area contributed by atoms with Gasteiger partial charge in [-0.2, -0.15) is 0 Å². The second-order valence-electron chi connectivity index (χ2n) is 11.4. The van der Waals surface area contributed by atoms with Gasteiger partial charge in [0.05, 0.1) is 38.6 Å². The first-order chi connectivity index (χ1) is 13.8. The van der Waals surface area contributed by atoms with Crippen molar-refractivity contribution in [2.45, 2.75) is 86.9 Å². The third-order valence-electron chi connectivity index (χ3n) is 10.6. The van der Waals surface area contributed by atoms with E-state index >= 15 is 0 Å². The molecule has 0 radical (unpaired) electrons. The second kappa shape index (κ2) is 6.37. The molecule has 156 valence electrons. The largest absolute Gasteiger partial charge is 0.377 e. The Balaban J connectivity index is 1.26. The molecule has 6 atom stereocenters. The quantitative estimate of drug-likeness (QED) is 0.586. The lowest BCUT2D eigenvalue weighted by atomic mass is 9.61. The Hall–Kier alpha value is 0.230. The highest BCUT2D eigenvalue weighted by atomic mass is 32.2. The molecular formula is C24H36O3S. The molecule has 1 saturated heterocycles. The zero-order valence-corrected chi connectivity index (χ0v) is 18.0. The molecule has 0 aromatic carbocycles. The number of fused-ring (bicyclic) bond motifs is 6. The number of hydrogen-bond donors (Lipinski definition) is 0. The van der Waals surface area contributed by atoms with Crippen LogP contribution in [0.2, 0.25) is 0 Å². The Labute approximate surface area is 174 Å². The molecule has 6 unspecified atom stereocenters. The number of thioether (sulfide) groups is 1. The van der Waals surface area contributed by atoms with E-state index in [0.717, 1.165) is 60.6 Å². The van der Waals surface area contributed by atoms with Gasteiger partial charge in [0.25, 0.3) is 0 Å². The van der Waals surface area contributed by atoms with Crippen LogP contribution in [0, 0.1) is 34.5 Å². The summed E-state index contributed by atoms with van der Waals surface area (Å²) in [6.07, 6.45) is 15.6. The highest BCUT2D eigenvalue weighted by Crippen LogP contribution is 2.70. The van der Waals surface area contributed by atoms with Gasteiger partial charge in [0.15, 0.2) is 0 Å². The van der Waals surface area contributed by atoms with Gasteiger partial charge in [-0.1, -0.05) is 0 Å². The molecule has 8 saturated carbocycles. The lowest BCUT2D eigenvalue weighted by molar-refractivity contribution is -0.0728. The van der Waals surface area contributed by atoms with Crippen LogP contribution < -0.4 is 0 Å². The van der Waals surface area contributed by atoms with Crippen LogP contribution in [0.3, 0.4) is 0 Å². The van der Waals surface area contributed by atoms with Gasteiger partial charge in [0.2, 0.25) is 0 Å². The van der Waals surface area contributed by atoms with Crippen LogP contribution in [0.5, 0.6) is 0 Å². The molecule has 2 spiro atoms. The first-order valence-corrected chi connectivity index (χ1v) is 13.2. The topological polar surface area (TPSA) is 27.7 Å². The fourth-order valence-corrected chi connectivity index (χ4v) is 11.7. The average molecular weight is 405 g/mol. The molecule has 8 aliphatic carbocycles. The standard InChI is InChI=1S/C24H36O3S/c1-5-23-6-2-16(1)18(14-23)20-21(23)27-12-10-25-9-11-26-19-17-13-24(22(19)28-20)7-3-15(17)4-8-24/h15-22H,1-14H2. The van der Waals surface area contributed by atoms with Crippen molar-refractivity contribution < 1.29 is 14.2 Å². The summed E-state index contributed by atoms with van der Waals surface area (Å²) in [7, 11) is 0. The SMILES string of the molecule is C1COC2C3CC4(CCC3CC4)C2SC2C3CC4(CCC3CC4)C2OCCO1. The van der Waals surface area contributed by atoms with Crippen molar-refractivity contribution in [2.75, 3.05) is 26.4 Å². The van der Waals surface area contributed by atoms with E-state index in [9.17, 15) is 0 Å². The third-order valence-corrected chi connectivity index (χ3v) is 12.5. The second-order valence-corrected chi connectivity index (χ2v) is 12.7. The zero-order valence-electron chi connectivity index (χ0n) is 17.2. The van der Waals surface area contributed by atoms with Crippen LogP contribution in [-0.2, 0) is 14.2 Å². The Bertz CT molecular complexity index is 621. The first-order valence-electron chi connectivity index (χ1n) is 12.2. The van der Waals surface area contributed by atoms with E-state index < -0.39 is 0 Å². The van der Waals surface area contributed by atoms with Gasteiger partial charge in [-0.05, 0) is 98.7 Å². The first kappa shape index (κ1) is 17.9. The van der Waals surface area contributed by atoms with E-state index in [1.165, 1.54) is 64.2 Å². The Morgan fingerprint density at radius 3 is 2.11 bits per heavy atom. The van der Waals surface area contributed by atoms with Crippen molar-refractivity contribution in [3.8, 4) is 0 Å². The minimum Gasteiger partial charge on any atom is -0.377 e. The van der Waals surface area contributed by atoms with Gasteiger partial charge in [0, 0.05) is 10.5 Å². The minimum absolute atomic E-state index is 0.479. The average Bonchev–Trinajstić information content (AvgIpc) is 3.00. The molecule has 9 fully saturated rings. The number of rotatable bonds is 0. The summed E-state index contributed by atoms with van der Waals surface area (Å²) in [4.78, 5) is 0. The van der Waals surface area contributed by atoms with E-state index in [1.54, 1.807) is 0 Å². The van der Waals surface area contributed by atoms with E-state index in [2.05, 4.69) is 11.8 Å². The fourth-order valence-electron chi connectivity index (χ4n) is 9.31. The van der Waals surface area contributed by atoms with E-state index in [-0.39, 0.29) is 0 Å². The van der Waals surface area contributed by atoms with Gasteiger partial charge in [-0.15, -0.1) is 11.8 Å². The van der Waals surface area contributed by atoms with Crippen molar-refractivity contribution >= 4 is 11.8 Å². The maximum Gasteiger partial charge on any atom is 0.0753 e. The maximum absolute atomic E-state index is 6.72. The Morgan fingerprint density at radius 2 is 1.32 bits per heavy atom. The molecule has 0 amide bonds. The molecule has 4 heteroatoms. The van der Waals surface area contributed by atoms with Crippen LogP contribution in [0.15, 0.2) is 0 Å². The van der Waals surface area contributed by atoms with Crippen LogP contribution in [0.1, 0.15) is 64.2 Å². The smallest absolute Gasteiger partial charge is 0.0753 e. The van der Waals surface area contributed by atoms with Crippen molar-refractivity contribution in [2.24, 2.45) is 34.5 Å². The molecule has 28 heavy (non-hydrogen) atoms. The molecule has 6 bridgehead atoms. The van der Waals surface area contributed by atoms with Gasteiger partial charge < -0.3 is 14.2 Å². The normalized spacial score (nSPS) is 60.0. The Morgan fingerprint density at radius 1 is 0.679 bits per heavy atom. The molecule has 9 aliphatic rings. The highest BCUT2D eigenvalue weighted by molar-refractivity contribution is 8.00. The fraction of sp³-hybridized carbons (Fsp3) is 1.00. The Kier molecular flexibility index (Phi) is 4.06. The summed E-state index contributed by atoms with van der Waals surface area (Å²) in [5.74, 6) is 3.66. The molecule has 9 rings (SSSR count). The summed E-state index contributed by atoms with van der Waals surface area (Å²) in [5, 5.41) is 1.44. The molecular weight excluding hydrogens is 368 g/mol. The molecule has 3 nitrogen and oxygen atoms in total. The van der Waals surface area contributed by atoms with Crippen molar-refractivity contribution in [1.29, 1.82) is 0 Å². The van der Waals surface area contributed by atoms with E-state index in [0.29, 0.717) is 23.0 Å². The monoisotopic (exact) mass is 404 g/mol. The zero-order chi connectivity index (χ0) is 18.3. The van der Waals surface area contributed by atoms with Crippen LogP contribution in [0.25, 0.3) is 0 Å². The minimum atomic E-state index is 0.479. The third kappa shape index (κ3) is 2.35. The van der Waals surface area contributed by atoms with E-state index in [1.807, 2.05) is 0 Å². The molecule has 1 heterocycles. The summed E-state index contributed by atoms with van der Waals surface area (Å²) in [5.41, 5.74) is 1.08. The van der Waals surface area contributed by atoms with E-state index in [4.69, 9.17) is 14.2 Å². The molecule has 0 aromatic rings. The number of ether oxygens (including phenoxy) is 3. The molecule has 0 N–H and O–H groups in total. The summed E-state index contributed by atoms with van der Waals surface area (Å²) >= 11 is 2.40. The molecule has 1 aliphatic heterocycles. The van der Waals surface area contributed by atoms with Crippen molar-refractivity contribution in [3.63, 3.8) is 0 Å². The maximum atomic E-state index is 6.72. The van der Waals surface area contributed by atoms with Gasteiger partial charge in [-0.3, -0.25) is 0 Å². The summed E-state index contributed by atoms with van der Waals surface area (Å²) in [6, 6.07) is 0. The van der Waals surface area contributed by atoms with Crippen LogP contribution in [-0.4, -0.2) is 49.1 Å². The lowest BCUT2D eigenvalue weighted by Crippen LogP contribution is -2.42. The summed E-state index contributed by atoms with van der Waals surface area (Å²) in [6.45, 7) is 3.05. The van der Waals surface area contributed by atoms with Gasteiger partial charge in [0.1, 0.15) is 0 Å². The van der Waals surface area contributed by atoms with Crippen molar-refractivity contribution in [3.05, 3.63) is 0 Å². The lowest BCUT2D eigenvalue weighted by Gasteiger charge is -2.46. The predicted octanol–water partition coefficient (Wildman–Crippen LogP) is 4.68. The van der Waals surface area contributed by atoms with Crippen LogP contribution in [0.4, 0.5) is 0 Å². The molecule has 0 aromatic heterocycles. The van der Waals surface area contributed by atoms with Gasteiger partial charge >= 0.3 is 0 Å². The van der Waals surface area contributed by atoms with Crippen molar-refractivity contribution in [1.82, 2.24) is 0 Å². The summed E-state index contributed by atoms with van der Waals surface area (Å²) < 4.78 is 19.3. The highest BCUT2D eigenvalue weighted by Gasteiger charge is 2.66. The number of hydrogen-bond acceptors (Lipinski definition) is 4. The van der Waals surface area contributed by atoms with Crippen LogP contribution >= 0.6 is 11.8 Å².